The molecule has 1 aliphatic rings. The van der Waals surface area contributed by atoms with Gasteiger partial charge in [-0.25, -0.2) is 15.0 Å². The molecule has 0 N–H and O–H groups in total. The average molecular weight is 310 g/mol. The summed E-state index contributed by atoms with van der Waals surface area (Å²) in [5.41, 5.74) is 0.803. The molecule has 0 spiro atoms. The molecule has 7 heteroatoms. The first kappa shape index (κ1) is 14.0. The van der Waals surface area contributed by atoms with E-state index in [-0.39, 0.29) is 6.10 Å². The topological polar surface area (TPSA) is 51.1 Å². The number of fused-ring (bicyclic) bond motifs is 1. The Bertz CT molecular complexity index is 603. The number of anilines is 1. The van der Waals surface area contributed by atoms with Gasteiger partial charge in [0.2, 0.25) is 0 Å². The lowest BCUT2D eigenvalue weighted by Gasteiger charge is -2.36. The Kier molecular flexibility index (Phi) is 4.09. The Balaban J connectivity index is 1.95. The molecule has 1 fully saturated rings. The second kappa shape index (κ2) is 5.83. The molecular weight excluding hydrogens is 292 g/mol. The van der Waals surface area contributed by atoms with Gasteiger partial charge in [0.1, 0.15) is 11.0 Å². The van der Waals surface area contributed by atoms with Gasteiger partial charge in [-0.15, -0.1) is 11.3 Å². The molecule has 3 heterocycles. The van der Waals surface area contributed by atoms with Crippen LogP contribution in [0.1, 0.15) is 13.3 Å². The van der Waals surface area contributed by atoms with Crippen molar-refractivity contribution in [3.05, 3.63) is 6.33 Å². The molecular formula is C13H18N4OS2. The second-order valence-electron chi connectivity index (χ2n) is 5.02. The van der Waals surface area contributed by atoms with E-state index in [9.17, 15) is 0 Å². The van der Waals surface area contributed by atoms with Crippen molar-refractivity contribution in [3.63, 3.8) is 0 Å². The molecule has 0 amide bonds. The van der Waals surface area contributed by atoms with Gasteiger partial charge in [-0.1, -0.05) is 18.7 Å². The molecule has 2 aromatic rings. The molecule has 2 atom stereocenters. The number of piperidine rings is 1. The second-order valence-corrected chi connectivity index (χ2v) is 7.07. The van der Waals surface area contributed by atoms with Gasteiger partial charge in [-0.3, -0.25) is 0 Å². The minimum atomic E-state index is 0.265. The van der Waals surface area contributed by atoms with E-state index < -0.39 is 0 Å². The van der Waals surface area contributed by atoms with Gasteiger partial charge in [0.15, 0.2) is 15.8 Å². The van der Waals surface area contributed by atoms with Crippen molar-refractivity contribution in [2.75, 3.05) is 31.4 Å². The Morgan fingerprint density at radius 1 is 1.45 bits per heavy atom. The summed E-state index contributed by atoms with van der Waals surface area (Å²) in [6.45, 7) is 4.15. The first-order valence-corrected chi connectivity index (χ1v) is 8.70. The molecule has 5 nitrogen and oxygen atoms in total. The van der Waals surface area contributed by atoms with Crippen LogP contribution in [0.15, 0.2) is 10.7 Å². The number of hydrogen-bond donors (Lipinski definition) is 0. The summed E-state index contributed by atoms with van der Waals surface area (Å²) in [6.07, 6.45) is 5.04. The van der Waals surface area contributed by atoms with E-state index in [4.69, 9.17) is 4.74 Å². The van der Waals surface area contributed by atoms with Crippen molar-refractivity contribution in [1.82, 2.24) is 15.0 Å². The standard InChI is InChI=1S/C13H18N4OS2/c1-8-4-5-17(6-9(8)18-2)12-10-11(14-7-15-12)16-13(19-3)20-10/h7-9H,4-6H2,1-3H3. The number of methoxy groups -OCH3 is 1. The predicted molar refractivity (Wildman–Crippen MR) is 83.8 cm³/mol. The van der Waals surface area contributed by atoms with Crippen LogP contribution in [0.3, 0.4) is 0 Å². The highest BCUT2D eigenvalue weighted by Crippen LogP contribution is 2.34. The van der Waals surface area contributed by atoms with Crippen LogP contribution in [0, 0.1) is 5.92 Å². The fourth-order valence-corrected chi connectivity index (χ4v) is 4.10. The van der Waals surface area contributed by atoms with Crippen molar-refractivity contribution >= 4 is 39.3 Å². The molecule has 0 radical (unpaired) electrons. The Morgan fingerprint density at radius 2 is 2.30 bits per heavy atom. The van der Waals surface area contributed by atoms with Crippen LogP contribution in [-0.2, 0) is 4.74 Å². The molecule has 20 heavy (non-hydrogen) atoms. The van der Waals surface area contributed by atoms with Gasteiger partial charge >= 0.3 is 0 Å². The van der Waals surface area contributed by atoms with Crippen LogP contribution < -0.4 is 4.90 Å². The van der Waals surface area contributed by atoms with E-state index in [2.05, 4.69) is 26.8 Å². The third-order valence-electron chi connectivity index (χ3n) is 3.82. The maximum atomic E-state index is 5.59. The zero-order valence-corrected chi connectivity index (χ0v) is 13.5. The Labute approximate surface area is 126 Å². The average Bonchev–Trinajstić information content (AvgIpc) is 2.91. The van der Waals surface area contributed by atoms with Gasteiger partial charge in [-0.05, 0) is 18.6 Å². The quantitative estimate of drug-likeness (QED) is 0.812. The molecule has 0 aromatic carbocycles. The minimum absolute atomic E-state index is 0.265. The highest BCUT2D eigenvalue weighted by atomic mass is 32.2. The van der Waals surface area contributed by atoms with E-state index in [1.165, 1.54) is 0 Å². The van der Waals surface area contributed by atoms with E-state index in [0.29, 0.717) is 5.92 Å². The summed E-state index contributed by atoms with van der Waals surface area (Å²) < 4.78 is 7.71. The first-order valence-electron chi connectivity index (χ1n) is 6.66. The highest BCUT2D eigenvalue weighted by Gasteiger charge is 2.28. The molecule has 0 bridgehead atoms. The zero-order chi connectivity index (χ0) is 14.1. The van der Waals surface area contributed by atoms with Crippen LogP contribution in [0.5, 0.6) is 0 Å². The fraction of sp³-hybridized carbons (Fsp3) is 0.615. The van der Waals surface area contributed by atoms with Crippen LogP contribution in [0.25, 0.3) is 10.3 Å². The monoisotopic (exact) mass is 310 g/mol. The number of thiazole rings is 1. The first-order chi connectivity index (χ1) is 9.72. The SMILES string of the molecule is COC1CN(c2ncnc3nc(SC)sc23)CCC1C. The summed E-state index contributed by atoms with van der Waals surface area (Å²) in [7, 11) is 1.79. The van der Waals surface area contributed by atoms with Crippen LogP contribution in [0.2, 0.25) is 0 Å². The van der Waals surface area contributed by atoms with Crippen molar-refractivity contribution in [2.45, 2.75) is 23.8 Å². The Morgan fingerprint density at radius 3 is 3.05 bits per heavy atom. The molecule has 1 aliphatic heterocycles. The molecule has 1 saturated heterocycles. The lowest BCUT2D eigenvalue weighted by molar-refractivity contribution is 0.0497. The number of thioether (sulfide) groups is 1. The van der Waals surface area contributed by atoms with Gasteiger partial charge < -0.3 is 9.64 Å². The lowest BCUT2D eigenvalue weighted by Crippen LogP contribution is -2.44. The van der Waals surface area contributed by atoms with Crippen molar-refractivity contribution in [2.24, 2.45) is 5.92 Å². The summed E-state index contributed by atoms with van der Waals surface area (Å²) in [5.74, 6) is 1.60. The molecule has 108 valence electrons. The maximum Gasteiger partial charge on any atom is 0.176 e. The number of hydrogen-bond acceptors (Lipinski definition) is 7. The molecule has 2 unspecified atom stereocenters. The summed E-state index contributed by atoms with van der Waals surface area (Å²) in [4.78, 5) is 15.6. The van der Waals surface area contributed by atoms with E-state index in [1.807, 2.05) is 6.26 Å². The predicted octanol–water partition coefficient (Wildman–Crippen LogP) is 2.67. The summed E-state index contributed by atoms with van der Waals surface area (Å²) in [6, 6.07) is 0. The van der Waals surface area contributed by atoms with E-state index in [0.717, 1.165) is 40.0 Å². The van der Waals surface area contributed by atoms with Gasteiger partial charge in [0, 0.05) is 20.2 Å². The Hall–Kier alpha value is -0.920. The van der Waals surface area contributed by atoms with E-state index >= 15 is 0 Å². The van der Waals surface area contributed by atoms with Crippen molar-refractivity contribution in [3.8, 4) is 0 Å². The normalized spacial score (nSPS) is 23.4. The van der Waals surface area contributed by atoms with Gasteiger partial charge in [0.25, 0.3) is 0 Å². The highest BCUT2D eigenvalue weighted by molar-refractivity contribution is 8.00. The number of ether oxygens (including phenoxy) is 1. The fourth-order valence-electron chi connectivity index (χ4n) is 2.57. The summed E-state index contributed by atoms with van der Waals surface area (Å²) >= 11 is 3.32. The molecule has 0 aliphatic carbocycles. The molecule has 0 saturated carbocycles. The third-order valence-corrected chi connectivity index (χ3v) is 5.84. The van der Waals surface area contributed by atoms with E-state index in [1.54, 1.807) is 36.5 Å². The van der Waals surface area contributed by atoms with Crippen LogP contribution in [0.4, 0.5) is 5.82 Å². The lowest BCUT2D eigenvalue weighted by atomic mass is 9.96. The van der Waals surface area contributed by atoms with Crippen LogP contribution >= 0.6 is 23.1 Å². The largest absolute Gasteiger partial charge is 0.379 e. The summed E-state index contributed by atoms with van der Waals surface area (Å²) in [5, 5.41) is 0. The minimum Gasteiger partial charge on any atom is -0.379 e. The third kappa shape index (κ3) is 2.49. The van der Waals surface area contributed by atoms with Gasteiger partial charge in [-0.2, -0.15) is 0 Å². The van der Waals surface area contributed by atoms with Crippen molar-refractivity contribution in [1.29, 1.82) is 0 Å². The van der Waals surface area contributed by atoms with Crippen LogP contribution in [-0.4, -0.2) is 47.5 Å². The maximum absolute atomic E-state index is 5.59. The van der Waals surface area contributed by atoms with Gasteiger partial charge in [0.05, 0.1) is 6.10 Å². The number of nitrogens with zero attached hydrogens (tertiary/aromatic N) is 4. The zero-order valence-electron chi connectivity index (χ0n) is 11.9. The molecule has 2 aromatic heterocycles. The molecule has 3 rings (SSSR count). The number of aromatic nitrogens is 3. The number of rotatable bonds is 3. The van der Waals surface area contributed by atoms with Crippen molar-refractivity contribution < 1.29 is 4.74 Å². The smallest absolute Gasteiger partial charge is 0.176 e.